The van der Waals surface area contributed by atoms with Gasteiger partial charge in [-0.15, -0.1) is 0 Å². The second-order valence-corrected chi connectivity index (χ2v) is 4.89. The van der Waals surface area contributed by atoms with E-state index >= 15 is 0 Å². The van der Waals surface area contributed by atoms with Gasteiger partial charge in [-0.3, -0.25) is 4.98 Å². The maximum absolute atomic E-state index is 10.3. The lowest BCUT2D eigenvalue weighted by molar-refractivity contribution is 0.00211. The number of aliphatic hydroxyl groups is 1. The van der Waals surface area contributed by atoms with Crippen LogP contribution in [0.25, 0.3) is 11.0 Å². The molecule has 0 radical (unpaired) electrons. The van der Waals surface area contributed by atoms with Crippen molar-refractivity contribution in [1.82, 2.24) is 9.55 Å². The molecule has 1 unspecified atom stereocenters. The Labute approximate surface area is 106 Å². The van der Waals surface area contributed by atoms with Crippen molar-refractivity contribution in [3.8, 4) is 0 Å². The summed E-state index contributed by atoms with van der Waals surface area (Å²) in [5, 5.41) is 10.3. The Morgan fingerprint density at radius 2 is 2.22 bits per heavy atom. The lowest BCUT2D eigenvalue weighted by atomic mass is 9.94. The highest BCUT2D eigenvalue weighted by Crippen LogP contribution is 2.21. The second kappa shape index (κ2) is 5.08. The monoisotopic (exact) mass is 246 g/mol. The summed E-state index contributed by atoms with van der Waals surface area (Å²) in [6, 6.07) is 5.96. The van der Waals surface area contributed by atoms with Crippen molar-refractivity contribution in [3.63, 3.8) is 0 Å². The van der Waals surface area contributed by atoms with Gasteiger partial charge in [0.2, 0.25) is 0 Å². The molecule has 0 aromatic carbocycles. The SMILES string of the molecule is OC(Cn1ccc2ncccc21)C1CCOCC1. The Hall–Kier alpha value is -1.39. The largest absolute Gasteiger partial charge is 0.391 e. The molecule has 0 aliphatic carbocycles. The van der Waals surface area contributed by atoms with Crippen LogP contribution < -0.4 is 0 Å². The maximum Gasteiger partial charge on any atom is 0.0880 e. The van der Waals surface area contributed by atoms with Gasteiger partial charge in [-0.1, -0.05) is 0 Å². The molecule has 2 aromatic heterocycles. The summed E-state index contributed by atoms with van der Waals surface area (Å²) in [7, 11) is 0. The Morgan fingerprint density at radius 3 is 3.06 bits per heavy atom. The minimum atomic E-state index is -0.301. The smallest absolute Gasteiger partial charge is 0.0880 e. The molecule has 3 rings (SSSR count). The van der Waals surface area contributed by atoms with E-state index < -0.39 is 0 Å². The summed E-state index contributed by atoms with van der Waals surface area (Å²) >= 11 is 0. The minimum absolute atomic E-state index is 0.301. The zero-order valence-corrected chi connectivity index (χ0v) is 10.3. The van der Waals surface area contributed by atoms with Crippen LogP contribution in [0.5, 0.6) is 0 Å². The molecule has 0 spiro atoms. The molecule has 1 saturated heterocycles. The highest BCUT2D eigenvalue weighted by molar-refractivity contribution is 5.75. The third-order valence-electron chi connectivity index (χ3n) is 3.73. The number of aromatic nitrogens is 2. The molecule has 4 nitrogen and oxygen atoms in total. The van der Waals surface area contributed by atoms with Gasteiger partial charge in [-0.2, -0.15) is 0 Å². The standard InChI is InChI=1S/C14H18N2O2/c17-14(11-4-8-18-9-5-11)10-16-7-3-12-13(16)2-1-6-15-12/h1-3,6-7,11,14,17H,4-5,8-10H2. The summed E-state index contributed by atoms with van der Waals surface area (Å²) in [4.78, 5) is 4.30. The number of nitrogens with zero attached hydrogens (tertiary/aromatic N) is 2. The van der Waals surface area contributed by atoms with Crippen LogP contribution >= 0.6 is 0 Å². The van der Waals surface area contributed by atoms with Gasteiger partial charge in [-0.05, 0) is 37.0 Å². The van der Waals surface area contributed by atoms with Gasteiger partial charge in [0.1, 0.15) is 0 Å². The summed E-state index contributed by atoms with van der Waals surface area (Å²) in [6.07, 6.45) is 5.41. The van der Waals surface area contributed by atoms with E-state index in [2.05, 4.69) is 9.55 Å². The minimum Gasteiger partial charge on any atom is -0.391 e. The molecule has 0 bridgehead atoms. The van der Waals surface area contributed by atoms with Gasteiger partial charge in [0.15, 0.2) is 0 Å². The third-order valence-corrected chi connectivity index (χ3v) is 3.73. The molecule has 1 aliphatic rings. The first-order valence-corrected chi connectivity index (χ1v) is 6.50. The van der Waals surface area contributed by atoms with Crippen LogP contribution in [0, 0.1) is 5.92 Å². The molecule has 1 N–H and O–H groups in total. The molecular weight excluding hydrogens is 228 g/mol. The first kappa shape index (κ1) is 11.7. The van der Waals surface area contributed by atoms with Crippen molar-refractivity contribution in [1.29, 1.82) is 0 Å². The van der Waals surface area contributed by atoms with Crippen LogP contribution in [0.2, 0.25) is 0 Å². The third kappa shape index (κ3) is 2.26. The van der Waals surface area contributed by atoms with Crippen molar-refractivity contribution in [3.05, 3.63) is 30.6 Å². The fourth-order valence-electron chi connectivity index (χ4n) is 2.63. The van der Waals surface area contributed by atoms with Crippen molar-refractivity contribution >= 4 is 11.0 Å². The van der Waals surface area contributed by atoms with Crippen molar-refractivity contribution < 1.29 is 9.84 Å². The first-order chi connectivity index (χ1) is 8.84. The van der Waals surface area contributed by atoms with E-state index in [4.69, 9.17) is 4.74 Å². The zero-order valence-electron chi connectivity index (χ0n) is 10.3. The number of pyridine rings is 1. The summed E-state index contributed by atoms with van der Waals surface area (Å²) in [5.41, 5.74) is 2.07. The highest BCUT2D eigenvalue weighted by atomic mass is 16.5. The number of ether oxygens (including phenoxy) is 1. The summed E-state index contributed by atoms with van der Waals surface area (Å²) in [6.45, 7) is 2.19. The topological polar surface area (TPSA) is 47.3 Å². The van der Waals surface area contributed by atoms with E-state index in [0.29, 0.717) is 12.5 Å². The Bertz CT molecular complexity index is 517. The molecule has 4 heteroatoms. The normalized spacial score (nSPS) is 19.2. The van der Waals surface area contributed by atoms with Crippen LogP contribution in [0.15, 0.2) is 30.6 Å². The van der Waals surface area contributed by atoms with E-state index in [1.54, 1.807) is 6.20 Å². The van der Waals surface area contributed by atoms with Crippen molar-refractivity contribution in [2.24, 2.45) is 5.92 Å². The molecule has 3 heterocycles. The van der Waals surface area contributed by atoms with Gasteiger partial charge >= 0.3 is 0 Å². The van der Waals surface area contributed by atoms with Crippen LogP contribution in [-0.2, 0) is 11.3 Å². The number of rotatable bonds is 3. The van der Waals surface area contributed by atoms with Crippen LogP contribution in [0.1, 0.15) is 12.8 Å². The molecule has 1 aliphatic heterocycles. The van der Waals surface area contributed by atoms with Crippen LogP contribution in [-0.4, -0.2) is 34.0 Å². The predicted molar refractivity (Wildman–Crippen MR) is 69.3 cm³/mol. The van der Waals surface area contributed by atoms with E-state index in [1.165, 1.54) is 0 Å². The van der Waals surface area contributed by atoms with E-state index in [-0.39, 0.29) is 6.10 Å². The molecule has 0 saturated carbocycles. The average Bonchev–Trinajstić information content (AvgIpc) is 2.83. The number of fused-ring (bicyclic) bond motifs is 1. The molecule has 0 amide bonds. The maximum atomic E-state index is 10.3. The van der Waals surface area contributed by atoms with E-state index in [1.807, 2.05) is 24.4 Å². The molecule has 1 fully saturated rings. The van der Waals surface area contributed by atoms with E-state index in [9.17, 15) is 5.11 Å². The second-order valence-electron chi connectivity index (χ2n) is 4.89. The van der Waals surface area contributed by atoms with Gasteiger partial charge < -0.3 is 14.4 Å². The Balaban J connectivity index is 1.75. The van der Waals surface area contributed by atoms with Gasteiger partial charge in [0.05, 0.1) is 17.1 Å². The number of aliphatic hydroxyl groups excluding tert-OH is 1. The van der Waals surface area contributed by atoms with Crippen LogP contribution in [0.3, 0.4) is 0 Å². The average molecular weight is 246 g/mol. The fraction of sp³-hybridized carbons (Fsp3) is 0.500. The molecular formula is C14H18N2O2. The summed E-state index contributed by atoms with van der Waals surface area (Å²) in [5.74, 6) is 0.355. The highest BCUT2D eigenvalue weighted by Gasteiger charge is 2.22. The lowest BCUT2D eigenvalue weighted by Gasteiger charge is -2.27. The van der Waals surface area contributed by atoms with Crippen molar-refractivity contribution in [2.45, 2.75) is 25.5 Å². The Morgan fingerprint density at radius 1 is 1.39 bits per heavy atom. The number of hydrogen-bond acceptors (Lipinski definition) is 3. The first-order valence-electron chi connectivity index (χ1n) is 6.50. The molecule has 96 valence electrons. The number of hydrogen-bond donors (Lipinski definition) is 1. The van der Waals surface area contributed by atoms with Gasteiger partial charge in [0, 0.05) is 32.2 Å². The lowest BCUT2D eigenvalue weighted by Crippen LogP contribution is -2.30. The fourth-order valence-corrected chi connectivity index (χ4v) is 2.63. The Kier molecular flexibility index (Phi) is 3.30. The molecule has 2 aromatic rings. The molecule has 1 atom stereocenters. The van der Waals surface area contributed by atoms with E-state index in [0.717, 1.165) is 37.1 Å². The molecule has 18 heavy (non-hydrogen) atoms. The van der Waals surface area contributed by atoms with Gasteiger partial charge in [0.25, 0.3) is 0 Å². The quantitative estimate of drug-likeness (QED) is 0.898. The summed E-state index contributed by atoms with van der Waals surface area (Å²) < 4.78 is 7.41. The predicted octanol–water partition coefficient (Wildman–Crippen LogP) is 1.82. The van der Waals surface area contributed by atoms with Crippen molar-refractivity contribution in [2.75, 3.05) is 13.2 Å². The van der Waals surface area contributed by atoms with Crippen LogP contribution in [0.4, 0.5) is 0 Å². The zero-order chi connectivity index (χ0) is 12.4. The van der Waals surface area contributed by atoms with Gasteiger partial charge in [-0.25, -0.2) is 0 Å².